The average Bonchev–Trinajstić information content (AvgIpc) is 2.15. The van der Waals surface area contributed by atoms with Crippen molar-refractivity contribution in [2.45, 2.75) is 47.0 Å². The number of carbonyl (C=O) groups is 1. The second kappa shape index (κ2) is 4.96. The molecule has 0 saturated heterocycles. The minimum Gasteiger partial charge on any atom is -0.303 e. The fourth-order valence-corrected chi connectivity index (χ4v) is 2.79. The summed E-state index contributed by atoms with van der Waals surface area (Å²) in [5.41, 5.74) is 0.400. The molecule has 0 spiro atoms. The molecule has 0 aromatic rings. The number of allylic oxidation sites excluding steroid dienone is 2. The Morgan fingerprint density at radius 1 is 1.40 bits per heavy atom. The van der Waals surface area contributed by atoms with E-state index in [9.17, 15) is 4.79 Å². The van der Waals surface area contributed by atoms with Crippen LogP contribution in [0.1, 0.15) is 47.0 Å². The second-order valence-corrected chi connectivity index (χ2v) is 5.76. The minimum absolute atomic E-state index is 0.0647. The van der Waals surface area contributed by atoms with Gasteiger partial charge < -0.3 is 4.79 Å². The second-order valence-electron chi connectivity index (χ2n) is 5.76. The summed E-state index contributed by atoms with van der Waals surface area (Å²) in [5, 5.41) is 0. The van der Waals surface area contributed by atoms with E-state index in [1.54, 1.807) is 0 Å². The molecule has 3 unspecified atom stereocenters. The highest BCUT2D eigenvalue weighted by Crippen LogP contribution is 2.44. The summed E-state index contributed by atoms with van der Waals surface area (Å²) < 4.78 is 0. The Labute approximate surface area is 93.9 Å². The zero-order valence-corrected chi connectivity index (χ0v) is 10.5. The van der Waals surface area contributed by atoms with Gasteiger partial charge in [0.15, 0.2) is 0 Å². The van der Waals surface area contributed by atoms with Gasteiger partial charge in [-0.15, -0.1) is 0 Å². The lowest BCUT2D eigenvalue weighted by atomic mass is 9.64. The molecule has 0 radical (unpaired) electrons. The van der Waals surface area contributed by atoms with Crippen molar-refractivity contribution in [1.82, 2.24) is 0 Å². The van der Waals surface area contributed by atoms with Crippen LogP contribution in [0.2, 0.25) is 0 Å². The molecule has 0 bridgehead atoms. The van der Waals surface area contributed by atoms with Crippen LogP contribution >= 0.6 is 0 Å². The molecule has 1 aliphatic carbocycles. The maximum absolute atomic E-state index is 10.6. The summed E-state index contributed by atoms with van der Waals surface area (Å²) in [4.78, 5) is 10.6. The third kappa shape index (κ3) is 3.19. The third-order valence-corrected chi connectivity index (χ3v) is 3.83. The quantitative estimate of drug-likeness (QED) is 0.509. The van der Waals surface area contributed by atoms with Gasteiger partial charge in [0.05, 0.1) is 0 Å². The SMILES string of the molecule is CC(C=O)C=CC1C(C)CCCC1(C)C. The highest BCUT2D eigenvalue weighted by molar-refractivity contribution is 5.55. The lowest BCUT2D eigenvalue weighted by Crippen LogP contribution is -2.32. The van der Waals surface area contributed by atoms with Gasteiger partial charge >= 0.3 is 0 Å². The van der Waals surface area contributed by atoms with Crippen LogP contribution in [0.25, 0.3) is 0 Å². The van der Waals surface area contributed by atoms with E-state index in [4.69, 9.17) is 0 Å². The zero-order chi connectivity index (χ0) is 11.5. The summed E-state index contributed by atoms with van der Waals surface area (Å²) in [6, 6.07) is 0. The van der Waals surface area contributed by atoms with E-state index >= 15 is 0 Å². The molecule has 1 rings (SSSR count). The van der Waals surface area contributed by atoms with Gasteiger partial charge in [-0.3, -0.25) is 0 Å². The first kappa shape index (κ1) is 12.5. The van der Waals surface area contributed by atoms with Gasteiger partial charge in [-0.25, -0.2) is 0 Å². The predicted octanol–water partition coefficient (Wildman–Crippen LogP) is 3.84. The van der Waals surface area contributed by atoms with Crippen LogP contribution in [-0.4, -0.2) is 6.29 Å². The van der Waals surface area contributed by atoms with Crippen molar-refractivity contribution in [1.29, 1.82) is 0 Å². The molecule has 1 fully saturated rings. The largest absolute Gasteiger partial charge is 0.303 e. The van der Waals surface area contributed by atoms with Gasteiger partial charge in [0.1, 0.15) is 6.29 Å². The molecule has 1 aliphatic rings. The molecule has 0 amide bonds. The summed E-state index contributed by atoms with van der Waals surface area (Å²) in [6.45, 7) is 8.98. The van der Waals surface area contributed by atoms with Crippen LogP contribution in [0.4, 0.5) is 0 Å². The Bertz CT molecular complexity index is 240. The highest BCUT2D eigenvalue weighted by Gasteiger charge is 2.34. The lowest BCUT2D eigenvalue weighted by molar-refractivity contribution is -0.109. The Balaban J connectivity index is 2.71. The van der Waals surface area contributed by atoms with E-state index in [1.807, 2.05) is 6.92 Å². The summed E-state index contributed by atoms with van der Waals surface area (Å²) >= 11 is 0. The van der Waals surface area contributed by atoms with Crippen LogP contribution in [-0.2, 0) is 4.79 Å². The van der Waals surface area contributed by atoms with Crippen LogP contribution < -0.4 is 0 Å². The van der Waals surface area contributed by atoms with Crippen LogP contribution in [0, 0.1) is 23.2 Å². The molecule has 1 saturated carbocycles. The van der Waals surface area contributed by atoms with Gasteiger partial charge in [0, 0.05) is 5.92 Å². The standard InChI is InChI=1S/C14H24O/c1-11(10-15)7-8-13-12(2)6-5-9-14(13,3)4/h7-8,10-13H,5-6,9H2,1-4H3. The molecule has 0 N–H and O–H groups in total. The molecule has 1 heteroatoms. The molecule has 0 aromatic carbocycles. The Kier molecular flexibility index (Phi) is 4.12. The Morgan fingerprint density at radius 3 is 2.60 bits per heavy atom. The van der Waals surface area contributed by atoms with E-state index in [0.29, 0.717) is 11.3 Å². The Morgan fingerprint density at radius 2 is 2.07 bits per heavy atom. The summed E-state index contributed by atoms with van der Waals surface area (Å²) in [7, 11) is 0. The van der Waals surface area contributed by atoms with Crippen molar-refractivity contribution >= 4 is 6.29 Å². The number of rotatable bonds is 3. The first-order valence-electron chi connectivity index (χ1n) is 6.11. The van der Waals surface area contributed by atoms with Gasteiger partial charge in [0.2, 0.25) is 0 Å². The van der Waals surface area contributed by atoms with Gasteiger partial charge in [-0.05, 0) is 23.7 Å². The molecule has 1 nitrogen and oxygen atoms in total. The normalized spacial score (nSPS) is 32.8. The number of hydrogen-bond acceptors (Lipinski definition) is 1. The van der Waals surface area contributed by atoms with Crippen LogP contribution in [0.5, 0.6) is 0 Å². The smallest absolute Gasteiger partial charge is 0.126 e. The van der Waals surface area contributed by atoms with E-state index in [0.717, 1.165) is 12.2 Å². The number of carbonyl (C=O) groups excluding carboxylic acids is 1. The van der Waals surface area contributed by atoms with Crippen molar-refractivity contribution in [3.8, 4) is 0 Å². The molecule has 15 heavy (non-hydrogen) atoms. The predicted molar refractivity (Wildman–Crippen MR) is 64.7 cm³/mol. The first-order chi connectivity index (χ1) is 6.97. The molecule has 0 heterocycles. The van der Waals surface area contributed by atoms with E-state index < -0.39 is 0 Å². The molecular formula is C14H24O. The number of hydrogen-bond donors (Lipinski definition) is 0. The van der Waals surface area contributed by atoms with E-state index in [-0.39, 0.29) is 5.92 Å². The summed E-state index contributed by atoms with van der Waals surface area (Å²) in [6.07, 6.45) is 9.35. The Hall–Kier alpha value is -0.590. The highest BCUT2D eigenvalue weighted by atomic mass is 16.1. The van der Waals surface area contributed by atoms with Crippen molar-refractivity contribution in [2.24, 2.45) is 23.2 Å². The van der Waals surface area contributed by atoms with Gasteiger partial charge in [-0.1, -0.05) is 52.7 Å². The minimum atomic E-state index is 0.0647. The van der Waals surface area contributed by atoms with Gasteiger partial charge in [0.25, 0.3) is 0 Å². The van der Waals surface area contributed by atoms with Crippen molar-refractivity contribution in [3.63, 3.8) is 0 Å². The monoisotopic (exact) mass is 208 g/mol. The third-order valence-electron chi connectivity index (χ3n) is 3.83. The molecular weight excluding hydrogens is 184 g/mol. The fraction of sp³-hybridized carbons (Fsp3) is 0.786. The first-order valence-corrected chi connectivity index (χ1v) is 6.11. The number of aldehydes is 1. The zero-order valence-electron chi connectivity index (χ0n) is 10.5. The van der Waals surface area contributed by atoms with Crippen molar-refractivity contribution < 1.29 is 4.79 Å². The molecule has 86 valence electrons. The van der Waals surface area contributed by atoms with Crippen LogP contribution in [0.3, 0.4) is 0 Å². The fourth-order valence-electron chi connectivity index (χ4n) is 2.79. The molecule has 0 aliphatic heterocycles. The van der Waals surface area contributed by atoms with E-state index in [2.05, 4.69) is 32.9 Å². The van der Waals surface area contributed by atoms with Crippen molar-refractivity contribution in [2.75, 3.05) is 0 Å². The maximum Gasteiger partial charge on any atom is 0.126 e. The van der Waals surface area contributed by atoms with Crippen molar-refractivity contribution in [3.05, 3.63) is 12.2 Å². The topological polar surface area (TPSA) is 17.1 Å². The lowest BCUT2D eigenvalue weighted by Gasteiger charge is -2.41. The molecule has 0 aromatic heterocycles. The van der Waals surface area contributed by atoms with Crippen LogP contribution in [0.15, 0.2) is 12.2 Å². The van der Waals surface area contributed by atoms with E-state index in [1.165, 1.54) is 19.3 Å². The summed E-state index contributed by atoms with van der Waals surface area (Å²) in [5.74, 6) is 1.45. The average molecular weight is 208 g/mol. The maximum atomic E-state index is 10.6. The van der Waals surface area contributed by atoms with Gasteiger partial charge in [-0.2, -0.15) is 0 Å². The molecule has 3 atom stereocenters.